The van der Waals surface area contributed by atoms with Gasteiger partial charge in [0, 0.05) is 5.56 Å². The summed E-state index contributed by atoms with van der Waals surface area (Å²) >= 11 is 0. The van der Waals surface area contributed by atoms with E-state index in [1.54, 1.807) is 13.8 Å². The van der Waals surface area contributed by atoms with Crippen molar-refractivity contribution in [2.45, 2.75) is 19.9 Å². The van der Waals surface area contributed by atoms with Crippen molar-refractivity contribution < 1.29 is 24.6 Å². The number of hydrogen-bond donors (Lipinski definition) is 3. The standard InChI is InChI=1S/C13H15NO5/c1-7(2)10(13(18)19)14-11(15)8-3-5-9(6-4-8)12(16)17/h3-7,10H,1-2H3,(H,14,15)(H,16,17)(H,18,19)/t10-/m1/s1. The van der Waals surface area contributed by atoms with Crippen LogP contribution < -0.4 is 5.32 Å². The van der Waals surface area contributed by atoms with E-state index < -0.39 is 23.9 Å². The van der Waals surface area contributed by atoms with Gasteiger partial charge in [0.2, 0.25) is 0 Å². The Kier molecular flexibility index (Phi) is 4.63. The van der Waals surface area contributed by atoms with Gasteiger partial charge >= 0.3 is 11.9 Å². The number of carbonyl (C=O) groups is 3. The van der Waals surface area contributed by atoms with Gasteiger partial charge in [0.25, 0.3) is 5.91 Å². The Morgan fingerprint density at radius 1 is 1.00 bits per heavy atom. The molecule has 0 saturated carbocycles. The van der Waals surface area contributed by atoms with Crippen LogP contribution in [-0.4, -0.2) is 34.1 Å². The molecular formula is C13H15NO5. The predicted octanol–water partition coefficient (Wildman–Crippen LogP) is 1.22. The maximum atomic E-state index is 11.8. The highest BCUT2D eigenvalue weighted by Crippen LogP contribution is 2.07. The van der Waals surface area contributed by atoms with E-state index in [1.807, 2.05) is 0 Å². The van der Waals surface area contributed by atoms with Crippen molar-refractivity contribution in [3.8, 4) is 0 Å². The third-order valence-corrected chi connectivity index (χ3v) is 2.61. The van der Waals surface area contributed by atoms with Crippen molar-refractivity contribution >= 4 is 17.8 Å². The second-order valence-corrected chi connectivity index (χ2v) is 4.42. The maximum Gasteiger partial charge on any atom is 0.335 e. The van der Waals surface area contributed by atoms with Crippen LogP contribution in [0.25, 0.3) is 0 Å². The number of benzene rings is 1. The van der Waals surface area contributed by atoms with Gasteiger partial charge in [0.15, 0.2) is 0 Å². The monoisotopic (exact) mass is 265 g/mol. The molecule has 0 saturated heterocycles. The summed E-state index contributed by atoms with van der Waals surface area (Å²) in [5.74, 6) is -2.99. The van der Waals surface area contributed by atoms with Crippen LogP contribution in [0.3, 0.4) is 0 Å². The van der Waals surface area contributed by atoms with E-state index in [0.29, 0.717) is 0 Å². The molecule has 6 heteroatoms. The number of carboxylic acid groups (broad SMARTS) is 2. The van der Waals surface area contributed by atoms with Gasteiger partial charge in [-0.25, -0.2) is 9.59 Å². The first-order chi connectivity index (χ1) is 8.82. The zero-order valence-corrected chi connectivity index (χ0v) is 10.6. The van der Waals surface area contributed by atoms with Crippen molar-refractivity contribution in [1.29, 1.82) is 0 Å². The molecule has 6 nitrogen and oxygen atoms in total. The van der Waals surface area contributed by atoms with Gasteiger partial charge in [-0.2, -0.15) is 0 Å². The molecule has 1 atom stereocenters. The smallest absolute Gasteiger partial charge is 0.335 e. The lowest BCUT2D eigenvalue weighted by atomic mass is 10.0. The number of aliphatic carboxylic acids is 1. The molecule has 0 fully saturated rings. The molecule has 1 aromatic carbocycles. The van der Waals surface area contributed by atoms with E-state index in [4.69, 9.17) is 10.2 Å². The average molecular weight is 265 g/mol. The number of hydrogen-bond acceptors (Lipinski definition) is 3. The highest BCUT2D eigenvalue weighted by Gasteiger charge is 2.23. The van der Waals surface area contributed by atoms with Crippen LogP contribution in [0.5, 0.6) is 0 Å². The summed E-state index contributed by atoms with van der Waals surface area (Å²) in [5.41, 5.74) is 0.284. The molecule has 0 aliphatic carbocycles. The minimum atomic E-state index is -1.11. The Hall–Kier alpha value is -2.37. The van der Waals surface area contributed by atoms with E-state index in [0.717, 1.165) is 0 Å². The molecule has 0 radical (unpaired) electrons. The van der Waals surface area contributed by atoms with E-state index in [2.05, 4.69) is 5.32 Å². The molecule has 19 heavy (non-hydrogen) atoms. The summed E-state index contributed by atoms with van der Waals surface area (Å²) in [5, 5.41) is 20.1. The van der Waals surface area contributed by atoms with E-state index in [-0.39, 0.29) is 17.0 Å². The minimum Gasteiger partial charge on any atom is -0.480 e. The van der Waals surface area contributed by atoms with Crippen LogP contribution in [0.2, 0.25) is 0 Å². The van der Waals surface area contributed by atoms with Crippen LogP contribution in [0.1, 0.15) is 34.6 Å². The van der Waals surface area contributed by atoms with Crippen LogP contribution in [0.15, 0.2) is 24.3 Å². The van der Waals surface area contributed by atoms with Crippen LogP contribution in [0, 0.1) is 5.92 Å². The number of nitrogens with one attached hydrogen (secondary N) is 1. The molecule has 102 valence electrons. The highest BCUT2D eigenvalue weighted by atomic mass is 16.4. The lowest BCUT2D eigenvalue weighted by molar-refractivity contribution is -0.140. The molecule has 1 amide bonds. The molecule has 3 N–H and O–H groups in total. The van der Waals surface area contributed by atoms with Crippen LogP contribution in [-0.2, 0) is 4.79 Å². The molecule has 0 spiro atoms. The Labute approximate surface area is 110 Å². The van der Waals surface area contributed by atoms with Gasteiger partial charge in [0.1, 0.15) is 6.04 Å². The van der Waals surface area contributed by atoms with Crippen LogP contribution in [0.4, 0.5) is 0 Å². The Morgan fingerprint density at radius 3 is 1.84 bits per heavy atom. The van der Waals surface area contributed by atoms with Gasteiger partial charge in [-0.05, 0) is 30.2 Å². The maximum absolute atomic E-state index is 11.8. The van der Waals surface area contributed by atoms with Gasteiger partial charge < -0.3 is 15.5 Å². The van der Waals surface area contributed by atoms with Crippen molar-refractivity contribution in [3.63, 3.8) is 0 Å². The minimum absolute atomic E-state index is 0.0650. The summed E-state index contributed by atoms with van der Waals surface area (Å²) in [4.78, 5) is 33.4. The van der Waals surface area contributed by atoms with Crippen molar-refractivity contribution in [2.75, 3.05) is 0 Å². The topological polar surface area (TPSA) is 104 Å². The Balaban J connectivity index is 2.83. The summed E-state index contributed by atoms with van der Waals surface area (Å²) in [6.07, 6.45) is 0. The molecule has 1 aromatic rings. The van der Waals surface area contributed by atoms with Gasteiger partial charge in [-0.15, -0.1) is 0 Å². The molecule has 0 aliphatic heterocycles. The first-order valence-electron chi connectivity index (χ1n) is 5.70. The summed E-state index contributed by atoms with van der Waals surface area (Å²) in [7, 11) is 0. The fraction of sp³-hybridized carbons (Fsp3) is 0.308. The number of carbonyl (C=O) groups excluding carboxylic acids is 1. The van der Waals surface area contributed by atoms with Gasteiger partial charge in [-0.1, -0.05) is 13.8 Å². The summed E-state index contributed by atoms with van der Waals surface area (Å²) < 4.78 is 0. The lowest BCUT2D eigenvalue weighted by Gasteiger charge is -2.17. The number of aromatic carboxylic acids is 1. The Morgan fingerprint density at radius 2 is 1.47 bits per heavy atom. The molecule has 1 rings (SSSR count). The highest BCUT2D eigenvalue weighted by molar-refractivity contribution is 5.97. The van der Waals surface area contributed by atoms with E-state index in [9.17, 15) is 14.4 Å². The van der Waals surface area contributed by atoms with Crippen LogP contribution >= 0.6 is 0 Å². The summed E-state index contributed by atoms with van der Waals surface area (Å²) in [6.45, 7) is 3.37. The van der Waals surface area contributed by atoms with Crippen molar-refractivity contribution in [2.24, 2.45) is 5.92 Å². The number of amides is 1. The van der Waals surface area contributed by atoms with E-state index in [1.165, 1.54) is 24.3 Å². The predicted molar refractivity (Wildman–Crippen MR) is 67.1 cm³/mol. The molecule has 0 unspecified atom stereocenters. The third kappa shape index (κ3) is 3.80. The SMILES string of the molecule is CC(C)[C@@H](NC(=O)c1ccc(C(=O)O)cc1)C(=O)O. The molecular weight excluding hydrogens is 250 g/mol. The second kappa shape index (κ2) is 5.99. The normalized spacial score (nSPS) is 11.9. The third-order valence-electron chi connectivity index (χ3n) is 2.61. The van der Waals surface area contributed by atoms with Crippen molar-refractivity contribution in [1.82, 2.24) is 5.32 Å². The van der Waals surface area contributed by atoms with E-state index >= 15 is 0 Å². The number of rotatable bonds is 5. The Bertz CT molecular complexity index is 492. The second-order valence-electron chi connectivity index (χ2n) is 4.42. The summed E-state index contributed by atoms with van der Waals surface area (Å²) in [6, 6.07) is 4.30. The number of carboxylic acids is 2. The lowest BCUT2D eigenvalue weighted by Crippen LogP contribution is -2.44. The molecule has 0 aromatic heterocycles. The fourth-order valence-corrected chi connectivity index (χ4v) is 1.50. The first kappa shape index (κ1) is 14.7. The largest absolute Gasteiger partial charge is 0.480 e. The molecule has 0 heterocycles. The fourth-order valence-electron chi connectivity index (χ4n) is 1.50. The molecule has 0 bridgehead atoms. The quantitative estimate of drug-likeness (QED) is 0.742. The first-order valence-corrected chi connectivity index (χ1v) is 5.70. The molecule has 0 aliphatic rings. The zero-order chi connectivity index (χ0) is 14.6. The average Bonchev–Trinajstić information content (AvgIpc) is 2.34. The van der Waals surface area contributed by atoms with Gasteiger partial charge in [-0.3, -0.25) is 4.79 Å². The van der Waals surface area contributed by atoms with Crippen molar-refractivity contribution in [3.05, 3.63) is 35.4 Å². The van der Waals surface area contributed by atoms with Gasteiger partial charge in [0.05, 0.1) is 5.56 Å². The zero-order valence-electron chi connectivity index (χ0n) is 10.6.